The number of fused-ring (bicyclic) bond motifs is 1. The first-order chi connectivity index (χ1) is 8.47. The molecule has 0 aliphatic carbocycles. The molecule has 7 nitrogen and oxygen atoms in total. The third-order valence-electron chi connectivity index (χ3n) is 2.43. The van der Waals surface area contributed by atoms with Gasteiger partial charge in [-0.05, 0) is 18.2 Å². The molecule has 1 atom stereocenters. The Labute approximate surface area is 100 Å². The lowest BCUT2D eigenvalue weighted by molar-refractivity contribution is -0.137. The van der Waals surface area contributed by atoms with Gasteiger partial charge in [0, 0.05) is 5.56 Å². The number of carbonyl (C=O) groups excluding carboxylic acids is 1. The maximum atomic E-state index is 11.8. The fraction of sp³-hybridized carbons (Fsp3) is 0.182. The van der Waals surface area contributed by atoms with Crippen molar-refractivity contribution in [1.29, 1.82) is 0 Å². The molecule has 0 fully saturated rings. The highest BCUT2D eigenvalue weighted by atomic mass is 16.4. The van der Waals surface area contributed by atoms with Crippen molar-refractivity contribution in [2.45, 2.75) is 12.5 Å². The summed E-state index contributed by atoms with van der Waals surface area (Å²) in [4.78, 5) is 35.6. The van der Waals surface area contributed by atoms with Crippen LogP contribution in [-0.4, -0.2) is 27.9 Å². The predicted molar refractivity (Wildman–Crippen MR) is 61.4 cm³/mol. The molecule has 7 heteroatoms. The SMILES string of the molecule is NC(CC(=O)O)C(=O)c1ccc2oc(=O)[nH]c2c1. The molecule has 0 aliphatic heterocycles. The van der Waals surface area contributed by atoms with Gasteiger partial charge in [-0.25, -0.2) is 4.79 Å². The lowest BCUT2D eigenvalue weighted by Crippen LogP contribution is -2.32. The normalized spacial score (nSPS) is 12.5. The highest BCUT2D eigenvalue weighted by molar-refractivity contribution is 6.03. The van der Waals surface area contributed by atoms with E-state index < -0.39 is 30.0 Å². The molecule has 2 aromatic rings. The maximum absolute atomic E-state index is 11.8. The van der Waals surface area contributed by atoms with Crippen LogP contribution in [0.4, 0.5) is 0 Å². The molecule has 0 spiro atoms. The molecule has 1 heterocycles. The number of aliphatic carboxylic acids is 1. The lowest BCUT2D eigenvalue weighted by Gasteiger charge is -2.07. The molecule has 0 saturated heterocycles. The van der Waals surface area contributed by atoms with Crippen LogP contribution in [-0.2, 0) is 4.79 Å². The van der Waals surface area contributed by atoms with Crippen molar-refractivity contribution in [2.24, 2.45) is 5.73 Å². The summed E-state index contributed by atoms with van der Waals surface area (Å²) in [5, 5.41) is 8.56. The van der Waals surface area contributed by atoms with E-state index in [9.17, 15) is 14.4 Å². The van der Waals surface area contributed by atoms with E-state index in [1.54, 1.807) is 0 Å². The summed E-state index contributed by atoms with van der Waals surface area (Å²) in [5.41, 5.74) is 6.40. The number of rotatable bonds is 4. The summed E-state index contributed by atoms with van der Waals surface area (Å²) in [6.45, 7) is 0. The highest BCUT2D eigenvalue weighted by Crippen LogP contribution is 2.14. The van der Waals surface area contributed by atoms with Gasteiger partial charge in [0.1, 0.15) is 0 Å². The molecule has 94 valence electrons. The Kier molecular flexibility index (Phi) is 2.99. The molecule has 0 aliphatic rings. The standard InChI is InChI=1S/C11H10N2O5/c12-6(4-9(14)15)10(16)5-1-2-8-7(3-5)13-11(17)18-8/h1-3,6H,4,12H2,(H,13,17)(H,14,15). The number of carboxylic acid groups (broad SMARTS) is 1. The molecule has 0 amide bonds. The molecule has 4 N–H and O–H groups in total. The van der Waals surface area contributed by atoms with E-state index in [0.29, 0.717) is 11.1 Å². The Morgan fingerprint density at radius 2 is 2.17 bits per heavy atom. The fourth-order valence-electron chi connectivity index (χ4n) is 1.60. The summed E-state index contributed by atoms with van der Waals surface area (Å²) in [7, 11) is 0. The first-order valence-corrected chi connectivity index (χ1v) is 5.12. The number of nitrogens with two attached hydrogens (primary N) is 1. The second-order valence-corrected chi connectivity index (χ2v) is 3.79. The van der Waals surface area contributed by atoms with Gasteiger partial charge in [-0.1, -0.05) is 0 Å². The Morgan fingerprint density at radius 3 is 2.83 bits per heavy atom. The number of hydrogen-bond donors (Lipinski definition) is 3. The Hall–Kier alpha value is -2.41. The highest BCUT2D eigenvalue weighted by Gasteiger charge is 2.19. The third-order valence-corrected chi connectivity index (χ3v) is 2.43. The Bertz CT molecular complexity index is 669. The van der Waals surface area contributed by atoms with Gasteiger partial charge in [0.2, 0.25) is 0 Å². The average molecular weight is 250 g/mol. The van der Waals surface area contributed by atoms with Gasteiger partial charge < -0.3 is 15.3 Å². The zero-order valence-electron chi connectivity index (χ0n) is 9.17. The minimum atomic E-state index is -1.14. The van der Waals surface area contributed by atoms with Crippen LogP contribution in [0.2, 0.25) is 0 Å². The molecule has 1 aromatic heterocycles. The number of aromatic amines is 1. The Morgan fingerprint density at radius 1 is 1.44 bits per heavy atom. The monoisotopic (exact) mass is 250 g/mol. The summed E-state index contributed by atoms with van der Waals surface area (Å²) < 4.78 is 4.78. The molecular weight excluding hydrogens is 240 g/mol. The first kappa shape index (κ1) is 12.1. The number of ketones is 1. The average Bonchev–Trinajstić information content (AvgIpc) is 2.65. The molecule has 2 rings (SSSR count). The van der Waals surface area contributed by atoms with Gasteiger partial charge in [0.05, 0.1) is 18.0 Å². The van der Waals surface area contributed by atoms with E-state index in [1.165, 1.54) is 18.2 Å². The second kappa shape index (κ2) is 4.46. The minimum Gasteiger partial charge on any atom is -0.481 e. The van der Waals surface area contributed by atoms with E-state index in [1.807, 2.05) is 0 Å². The van der Waals surface area contributed by atoms with Crippen LogP contribution in [0.1, 0.15) is 16.8 Å². The second-order valence-electron chi connectivity index (χ2n) is 3.79. The summed E-state index contributed by atoms with van der Waals surface area (Å²) in [6.07, 6.45) is -0.446. The van der Waals surface area contributed by atoms with E-state index in [2.05, 4.69) is 4.98 Å². The maximum Gasteiger partial charge on any atom is 0.417 e. The largest absolute Gasteiger partial charge is 0.481 e. The van der Waals surface area contributed by atoms with Crippen LogP contribution in [0.25, 0.3) is 11.1 Å². The van der Waals surface area contributed by atoms with Gasteiger partial charge in [-0.2, -0.15) is 0 Å². The van der Waals surface area contributed by atoms with Crippen molar-refractivity contribution in [3.8, 4) is 0 Å². The number of Topliss-reactive ketones (excluding diaryl/α,β-unsaturated/α-hetero) is 1. The van der Waals surface area contributed by atoms with Gasteiger partial charge in [0.15, 0.2) is 11.4 Å². The third kappa shape index (κ3) is 2.30. The van der Waals surface area contributed by atoms with Crippen molar-refractivity contribution in [3.63, 3.8) is 0 Å². The quantitative estimate of drug-likeness (QED) is 0.661. The van der Waals surface area contributed by atoms with Crippen LogP contribution in [0.5, 0.6) is 0 Å². The zero-order chi connectivity index (χ0) is 13.3. The van der Waals surface area contributed by atoms with Crippen LogP contribution in [0.15, 0.2) is 27.4 Å². The van der Waals surface area contributed by atoms with Gasteiger partial charge in [-0.3, -0.25) is 14.6 Å². The molecule has 0 bridgehead atoms. The van der Waals surface area contributed by atoms with Crippen molar-refractivity contribution in [3.05, 3.63) is 34.3 Å². The van der Waals surface area contributed by atoms with Crippen molar-refractivity contribution in [2.75, 3.05) is 0 Å². The number of H-pyrrole nitrogens is 1. The van der Waals surface area contributed by atoms with E-state index >= 15 is 0 Å². The van der Waals surface area contributed by atoms with Gasteiger partial charge >= 0.3 is 11.7 Å². The van der Waals surface area contributed by atoms with Gasteiger partial charge in [0.25, 0.3) is 0 Å². The smallest absolute Gasteiger partial charge is 0.417 e. The molecule has 1 unspecified atom stereocenters. The van der Waals surface area contributed by atoms with Crippen molar-refractivity contribution in [1.82, 2.24) is 4.98 Å². The molecule has 0 saturated carbocycles. The number of benzene rings is 1. The number of aromatic nitrogens is 1. The number of carbonyl (C=O) groups is 2. The number of nitrogens with one attached hydrogen (secondary N) is 1. The van der Waals surface area contributed by atoms with Crippen LogP contribution in [0, 0.1) is 0 Å². The summed E-state index contributed by atoms with van der Waals surface area (Å²) in [5.74, 6) is -2.26. The van der Waals surface area contributed by atoms with Crippen LogP contribution in [0.3, 0.4) is 0 Å². The van der Waals surface area contributed by atoms with E-state index in [0.717, 1.165) is 0 Å². The van der Waals surface area contributed by atoms with Crippen LogP contribution < -0.4 is 11.5 Å². The zero-order valence-corrected chi connectivity index (χ0v) is 9.17. The molecule has 1 aromatic carbocycles. The van der Waals surface area contributed by atoms with Crippen molar-refractivity contribution >= 4 is 22.9 Å². The molecule has 18 heavy (non-hydrogen) atoms. The van der Waals surface area contributed by atoms with Crippen molar-refractivity contribution < 1.29 is 19.1 Å². The topological polar surface area (TPSA) is 126 Å². The number of oxazole rings is 1. The minimum absolute atomic E-state index is 0.230. The van der Waals surface area contributed by atoms with E-state index in [4.69, 9.17) is 15.3 Å². The fourth-order valence-corrected chi connectivity index (χ4v) is 1.60. The molecular formula is C11H10N2O5. The number of hydrogen-bond acceptors (Lipinski definition) is 5. The Balaban J connectivity index is 2.32. The predicted octanol–water partition coefficient (Wildman–Crippen LogP) is 0.106. The summed E-state index contributed by atoms with van der Waals surface area (Å²) >= 11 is 0. The molecule has 0 radical (unpaired) electrons. The number of carboxylic acids is 1. The van der Waals surface area contributed by atoms with Gasteiger partial charge in [-0.15, -0.1) is 0 Å². The first-order valence-electron chi connectivity index (χ1n) is 5.12. The van der Waals surface area contributed by atoms with Crippen LogP contribution >= 0.6 is 0 Å². The lowest BCUT2D eigenvalue weighted by atomic mass is 10.0. The summed E-state index contributed by atoms with van der Waals surface area (Å²) in [6, 6.07) is 3.18. The van der Waals surface area contributed by atoms with E-state index in [-0.39, 0.29) is 5.56 Å².